The lowest BCUT2D eigenvalue weighted by Crippen LogP contribution is -2.28. The Morgan fingerprint density at radius 2 is 1.91 bits per heavy atom. The summed E-state index contributed by atoms with van der Waals surface area (Å²) in [5.41, 5.74) is 7.25. The Hall–Kier alpha value is -1.92. The molecular formula is C17H27N3O3. The zero-order chi connectivity index (χ0) is 17.6. The minimum atomic E-state index is -0.485. The highest BCUT2D eigenvalue weighted by Gasteiger charge is 2.21. The summed E-state index contributed by atoms with van der Waals surface area (Å²) in [6, 6.07) is 5.41. The van der Waals surface area contributed by atoms with Crippen molar-refractivity contribution in [2.45, 2.75) is 40.2 Å². The van der Waals surface area contributed by atoms with E-state index in [2.05, 4.69) is 10.6 Å². The van der Waals surface area contributed by atoms with Gasteiger partial charge in [0.1, 0.15) is 0 Å². The molecule has 0 heterocycles. The summed E-state index contributed by atoms with van der Waals surface area (Å²) in [7, 11) is 1.53. The maximum atomic E-state index is 12.1. The van der Waals surface area contributed by atoms with Crippen molar-refractivity contribution in [2.24, 2.45) is 11.1 Å². The van der Waals surface area contributed by atoms with Gasteiger partial charge in [-0.1, -0.05) is 26.8 Å². The number of carbonyl (C=O) groups excluding carboxylic acids is 2. The highest BCUT2D eigenvalue weighted by Crippen LogP contribution is 2.23. The molecule has 0 aliphatic carbocycles. The van der Waals surface area contributed by atoms with Crippen LogP contribution in [0, 0.1) is 12.3 Å². The third-order valence-corrected chi connectivity index (χ3v) is 3.46. The Balaban J connectivity index is 2.82. The number of carbonyl (C=O) groups is 2. The molecule has 6 heteroatoms. The second kappa shape index (κ2) is 8.08. The van der Waals surface area contributed by atoms with Crippen molar-refractivity contribution in [1.29, 1.82) is 0 Å². The summed E-state index contributed by atoms with van der Waals surface area (Å²) < 4.78 is 5.11. The molecule has 0 aliphatic heterocycles. The van der Waals surface area contributed by atoms with Crippen molar-refractivity contribution in [3.63, 3.8) is 0 Å². The predicted octanol–water partition coefficient (Wildman–Crippen LogP) is 2.28. The van der Waals surface area contributed by atoms with Crippen LogP contribution < -0.4 is 16.4 Å². The number of nitrogens with two attached hydrogens (primary N) is 1. The van der Waals surface area contributed by atoms with E-state index in [1.54, 1.807) is 6.07 Å². The van der Waals surface area contributed by atoms with Gasteiger partial charge in [-0.25, -0.2) is 0 Å². The summed E-state index contributed by atoms with van der Waals surface area (Å²) in [4.78, 5) is 24.1. The van der Waals surface area contributed by atoms with Gasteiger partial charge in [0, 0.05) is 30.4 Å². The first-order chi connectivity index (χ1) is 10.7. The summed E-state index contributed by atoms with van der Waals surface area (Å²) in [6.07, 6.45) is -0.121. The molecule has 1 aromatic rings. The van der Waals surface area contributed by atoms with Gasteiger partial charge >= 0.3 is 0 Å². The van der Waals surface area contributed by atoms with E-state index in [1.807, 2.05) is 39.8 Å². The molecular weight excluding hydrogens is 294 g/mol. The first kappa shape index (κ1) is 19.1. The number of ether oxygens (including phenoxy) is 1. The third kappa shape index (κ3) is 6.00. The fourth-order valence-corrected chi connectivity index (χ4v) is 1.82. The highest BCUT2D eigenvalue weighted by atomic mass is 16.5. The first-order valence-electron chi connectivity index (χ1n) is 7.62. The molecule has 1 aromatic carbocycles. The molecule has 0 aromatic heterocycles. The zero-order valence-corrected chi connectivity index (χ0v) is 14.5. The lowest BCUT2D eigenvalue weighted by molar-refractivity contribution is -0.123. The van der Waals surface area contributed by atoms with Gasteiger partial charge in [-0.2, -0.15) is 0 Å². The Kier molecular flexibility index (Phi) is 6.72. The van der Waals surface area contributed by atoms with E-state index in [4.69, 9.17) is 10.5 Å². The number of anilines is 2. The number of rotatable bonds is 6. The van der Waals surface area contributed by atoms with Gasteiger partial charge in [-0.3, -0.25) is 9.59 Å². The molecule has 0 fully saturated rings. The zero-order valence-electron chi connectivity index (χ0n) is 14.5. The summed E-state index contributed by atoms with van der Waals surface area (Å²) in [5.74, 6) is -0.258. The van der Waals surface area contributed by atoms with Crippen LogP contribution in [0.1, 0.15) is 32.8 Å². The fourth-order valence-electron chi connectivity index (χ4n) is 1.82. The predicted molar refractivity (Wildman–Crippen MR) is 92.4 cm³/mol. The Morgan fingerprint density at radius 1 is 1.26 bits per heavy atom. The van der Waals surface area contributed by atoms with E-state index < -0.39 is 5.41 Å². The molecule has 6 nitrogen and oxygen atoms in total. The smallest absolute Gasteiger partial charge is 0.229 e. The van der Waals surface area contributed by atoms with Crippen molar-refractivity contribution in [3.8, 4) is 0 Å². The molecule has 23 heavy (non-hydrogen) atoms. The molecule has 4 N–H and O–H groups in total. The van der Waals surface area contributed by atoms with Gasteiger partial charge in [-0.15, -0.1) is 0 Å². The monoisotopic (exact) mass is 321 g/mol. The quantitative estimate of drug-likeness (QED) is 0.749. The lowest BCUT2D eigenvalue weighted by atomic mass is 9.95. The van der Waals surface area contributed by atoms with Crippen molar-refractivity contribution >= 4 is 23.2 Å². The standard InChI is InChI=1S/C17H27N3O3/c1-11-6-7-12(19-16(22)17(2,3)4)8-14(11)20-15(21)9-13(10-18)23-5/h6-8,13H,9-10,18H2,1-5H3,(H,19,22)(H,20,21). The average Bonchev–Trinajstić information content (AvgIpc) is 2.47. The Bertz CT molecular complexity index is 561. The van der Waals surface area contributed by atoms with Gasteiger partial charge in [-0.05, 0) is 24.6 Å². The second-order valence-corrected chi connectivity index (χ2v) is 6.58. The number of aryl methyl sites for hydroxylation is 1. The molecule has 0 saturated carbocycles. The molecule has 1 unspecified atom stereocenters. The summed E-state index contributed by atoms with van der Waals surface area (Å²) in [6.45, 7) is 7.71. The van der Waals surface area contributed by atoms with Crippen LogP contribution in [-0.2, 0) is 14.3 Å². The van der Waals surface area contributed by atoms with Crippen LogP contribution in [0.3, 0.4) is 0 Å². The van der Waals surface area contributed by atoms with Crippen LogP contribution in [0.25, 0.3) is 0 Å². The van der Waals surface area contributed by atoms with Gasteiger partial charge in [0.05, 0.1) is 12.5 Å². The highest BCUT2D eigenvalue weighted by molar-refractivity contribution is 5.96. The molecule has 0 radical (unpaired) electrons. The normalized spacial score (nSPS) is 12.6. The molecule has 0 aliphatic rings. The van der Waals surface area contributed by atoms with Crippen LogP contribution in [0.2, 0.25) is 0 Å². The summed E-state index contributed by atoms with van der Waals surface area (Å²) in [5, 5.41) is 5.69. The van der Waals surface area contributed by atoms with E-state index in [-0.39, 0.29) is 30.9 Å². The van der Waals surface area contributed by atoms with Crippen LogP contribution in [0.5, 0.6) is 0 Å². The molecule has 2 amide bonds. The van der Waals surface area contributed by atoms with Crippen molar-refractivity contribution in [2.75, 3.05) is 24.3 Å². The number of methoxy groups -OCH3 is 1. The number of hydrogen-bond acceptors (Lipinski definition) is 4. The van der Waals surface area contributed by atoms with Gasteiger partial charge in [0.25, 0.3) is 0 Å². The molecule has 128 valence electrons. The van der Waals surface area contributed by atoms with E-state index in [1.165, 1.54) is 7.11 Å². The van der Waals surface area contributed by atoms with E-state index in [9.17, 15) is 9.59 Å². The van der Waals surface area contributed by atoms with Crippen LogP contribution in [0.15, 0.2) is 18.2 Å². The van der Waals surface area contributed by atoms with E-state index in [0.29, 0.717) is 11.4 Å². The first-order valence-corrected chi connectivity index (χ1v) is 7.62. The molecule has 1 rings (SSSR count). The number of amides is 2. The van der Waals surface area contributed by atoms with Crippen LogP contribution in [-0.4, -0.2) is 31.6 Å². The number of nitrogens with one attached hydrogen (secondary N) is 2. The number of hydrogen-bond donors (Lipinski definition) is 3. The van der Waals surface area contributed by atoms with Crippen LogP contribution in [0.4, 0.5) is 11.4 Å². The van der Waals surface area contributed by atoms with E-state index >= 15 is 0 Å². The molecule has 0 saturated heterocycles. The minimum Gasteiger partial charge on any atom is -0.380 e. The molecule has 1 atom stereocenters. The van der Waals surface area contributed by atoms with Crippen molar-refractivity contribution in [1.82, 2.24) is 0 Å². The molecule has 0 bridgehead atoms. The average molecular weight is 321 g/mol. The van der Waals surface area contributed by atoms with Crippen LogP contribution >= 0.6 is 0 Å². The minimum absolute atomic E-state index is 0.0822. The second-order valence-electron chi connectivity index (χ2n) is 6.58. The Labute approximate surface area is 137 Å². The maximum Gasteiger partial charge on any atom is 0.229 e. The largest absolute Gasteiger partial charge is 0.380 e. The Morgan fingerprint density at radius 3 is 2.43 bits per heavy atom. The number of benzene rings is 1. The van der Waals surface area contributed by atoms with Gasteiger partial charge < -0.3 is 21.1 Å². The fraction of sp³-hybridized carbons (Fsp3) is 0.529. The van der Waals surface area contributed by atoms with Gasteiger partial charge in [0.2, 0.25) is 11.8 Å². The van der Waals surface area contributed by atoms with E-state index in [0.717, 1.165) is 5.56 Å². The molecule has 0 spiro atoms. The topological polar surface area (TPSA) is 93.4 Å². The maximum absolute atomic E-state index is 12.1. The lowest BCUT2D eigenvalue weighted by Gasteiger charge is -2.19. The third-order valence-electron chi connectivity index (χ3n) is 3.46. The van der Waals surface area contributed by atoms with Crippen molar-refractivity contribution in [3.05, 3.63) is 23.8 Å². The van der Waals surface area contributed by atoms with Gasteiger partial charge in [0.15, 0.2) is 0 Å². The SMILES string of the molecule is COC(CN)CC(=O)Nc1cc(NC(=O)C(C)(C)C)ccc1C. The summed E-state index contributed by atoms with van der Waals surface area (Å²) >= 11 is 0. The van der Waals surface area contributed by atoms with Crippen molar-refractivity contribution < 1.29 is 14.3 Å².